The van der Waals surface area contributed by atoms with E-state index in [1.165, 1.54) is 7.11 Å². The Hall–Kier alpha value is -2.04. The van der Waals surface area contributed by atoms with E-state index in [1.54, 1.807) is 25.1 Å². The van der Waals surface area contributed by atoms with Gasteiger partial charge in [0.25, 0.3) is 0 Å². The van der Waals surface area contributed by atoms with Crippen molar-refractivity contribution in [1.29, 1.82) is 0 Å². The van der Waals surface area contributed by atoms with E-state index in [4.69, 9.17) is 14.2 Å². The van der Waals surface area contributed by atoms with Crippen LogP contribution in [-0.4, -0.2) is 32.6 Å². The summed E-state index contributed by atoms with van der Waals surface area (Å²) in [5.41, 5.74) is 0.327. The van der Waals surface area contributed by atoms with E-state index in [-0.39, 0.29) is 19.0 Å². The highest BCUT2D eigenvalue weighted by Crippen LogP contribution is 2.29. The average molecular weight is 238 g/mol. The summed E-state index contributed by atoms with van der Waals surface area (Å²) in [6.45, 7) is 1.74. The molecule has 1 rings (SSSR count). The number of ether oxygens (including phenoxy) is 3. The summed E-state index contributed by atoms with van der Waals surface area (Å²) in [6.07, 6.45) is 0.642. The second-order valence-corrected chi connectivity index (χ2v) is 3.09. The fraction of sp³-hybridized carbons (Fsp3) is 0.333. The number of methoxy groups -OCH3 is 1. The number of hydrogen-bond acceptors (Lipinski definition) is 5. The quantitative estimate of drug-likeness (QED) is 0.554. The third-order valence-corrected chi connectivity index (χ3v) is 2.00. The maximum atomic E-state index is 11.1. The summed E-state index contributed by atoms with van der Waals surface area (Å²) in [5, 5.41) is 0. The molecule has 1 aromatic rings. The molecule has 0 radical (unpaired) electrons. The van der Waals surface area contributed by atoms with Gasteiger partial charge < -0.3 is 14.2 Å². The number of benzene rings is 1. The number of rotatable bonds is 6. The smallest absolute Gasteiger partial charge is 0.344 e. The molecule has 0 saturated carbocycles. The number of esters is 1. The van der Waals surface area contributed by atoms with Gasteiger partial charge in [-0.25, -0.2) is 4.79 Å². The molecule has 17 heavy (non-hydrogen) atoms. The normalized spacial score (nSPS) is 9.53. The molecule has 5 heteroatoms. The molecular weight excluding hydrogens is 224 g/mol. The highest BCUT2D eigenvalue weighted by Gasteiger charge is 2.12. The molecule has 0 N–H and O–H groups in total. The topological polar surface area (TPSA) is 61.8 Å². The molecule has 92 valence electrons. The van der Waals surface area contributed by atoms with Crippen molar-refractivity contribution in [2.75, 3.05) is 20.3 Å². The molecule has 0 bridgehead atoms. The number of carbonyl (C=O) groups excluding carboxylic acids is 2. The zero-order valence-corrected chi connectivity index (χ0v) is 9.76. The van der Waals surface area contributed by atoms with Gasteiger partial charge in [0.15, 0.2) is 24.4 Å². The summed E-state index contributed by atoms with van der Waals surface area (Å²) >= 11 is 0. The van der Waals surface area contributed by atoms with E-state index in [9.17, 15) is 9.59 Å². The summed E-state index contributed by atoms with van der Waals surface area (Å²) < 4.78 is 15.0. The van der Waals surface area contributed by atoms with Gasteiger partial charge in [-0.05, 0) is 19.1 Å². The Morgan fingerprint density at radius 2 is 2.18 bits per heavy atom. The van der Waals surface area contributed by atoms with Crippen LogP contribution in [0.1, 0.15) is 17.3 Å². The van der Waals surface area contributed by atoms with Crippen LogP contribution in [0.25, 0.3) is 0 Å². The fourth-order valence-corrected chi connectivity index (χ4v) is 1.27. The van der Waals surface area contributed by atoms with Crippen LogP contribution in [0.2, 0.25) is 0 Å². The van der Waals surface area contributed by atoms with Crippen molar-refractivity contribution in [3.05, 3.63) is 23.8 Å². The molecule has 0 aliphatic carbocycles. The van der Waals surface area contributed by atoms with Crippen molar-refractivity contribution in [2.24, 2.45) is 0 Å². The predicted octanol–water partition coefficient (Wildman–Crippen LogP) is 1.45. The van der Waals surface area contributed by atoms with Crippen LogP contribution in [0.4, 0.5) is 0 Å². The van der Waals surface area contributed by atoms with Gasteiger partial charge in [0, 0.05) is 0 Å². The summed E-state index contributed by atoms with van der Waals surface area (Å²) in [4.78, 5) is 22.0. The van der Waals surface area contributed by atoms with Crippen LogP contribution >= 0.6 is 0 Å². The molecule has 0 amide bonds. The van der Waals surface area contributed by atoms with Gasteiger partial charge in [0.1, 0.15) is 0 Å². The first-order valence-electron chi connectivity index (χ1n) is 5.13. The maximum absolute atomic E-state index is 11.1. The Bertz CT molecular complexity index is 400. The summed E-state index contributed by atoms with van der Waals surface area (Å²) in [6, 6.07) is 4.89. The summed E-state index contributed by atoms with van der Waals surface area (Å²) in [7, 11) is 1.46. The lowest BCUT2D eigenvalue weighted by molar-refractivity contribution is -0.145. The standard InChI is InChI=1S/C12H14O5/c1-3-16-11(14)8-17-12-9(7-13)5-4-6-10(12)15-2/h4-7H,3,8H2,1-2H3. The van der Waals surface area contributed by atoms with Crippen LogP contribution in [0.5, 0.6) is 11.5 Å². The largest absolute Gasteiger partial charge is 0.493 e. The van der Waals surface area contributed by atoms with Gasteiger partial charge in [-0.3, -0.25) is 4.79 Å². The van der Waals surface area contributed by atoms with Crippen molar-refractivity contribution >= 4 is 12.3 Å². The maximum Gasteiger partial charge on any atom is 0.344 e. The van der Waals surface area contributed by atoms with Crippen LogP contribution in [0, 0.1) is 0 Å². The van der Waals surface area contributed by atoms with Crippen molar-refractivity contribution in [1.82, 2.24) is 0 Å². The molecule has 0 saturated heterocycles. The Kier molecular flexibility index (Phi) is 5.00. The van der Waals surface area contributed by atoms with Crippen molar-refractivity contribution in [3.8, 4) is 11.5 Å². The van der Waals surface area contributed by atoms with Gasteiger partial charge in [-0.1, -0.05) is 6.07 Å². The second kappa shape index (κ2) is 6.52. The molecule has 0 aliphatic heterocycles. The van der Waals surface area contributed by atoms with E-state index >= 15 is 0 Å². The highest BCUT2D eigenvalue weighted by atomic mass is 16.6. The third kappa shape index (κ3) is 3.48. The summed E-state index contributed by atoms with van der Waals surface area (Å²) in [5.74, 6) is 0.159. The first kappa shape index (κ1) is 13.0. The Morgan fingerprint density at radius 1 is 1.41 bits per heavy atom. The Morgan fingerprint density at radius 3 is 2.76 bits per heavy atom. The average Bonchev–Trinajstić information content (AvgIpc) is 2.36. The predicted molar refractivity (Wildman–Crippen MR) is 60.5 cm³/mol. The molecule has 0 aromatic heterocycles. The number of para-hydroxylation sites is 1. The highest BCUT2D eigenvalue weighted by molar-refractivity contribution is 5.81. The molecule has 0 atom stereocenters. The van der Waals surface area contributed by atoms with E-state index in [0.717, 1.165) is 0 Å². The molecule has 0 heterocycles. The van der Waals surface area contributed by atoms with Crippen molar-refractivity contribution < 1.29 is 23.8 Å². The minimum Gasteiger partial charge on any atom is -0.493 e. The molecule has 0 spiro atoms. The fourth-order valence-electron chi connectivity index (χ4n) is 1.27. The number of hydrogen-bond donors (Lipinski definition) is 0. The molecule has 5 nitrogen and oxygen atoms in total. The third-order valence-electron chi connectivity index (χ3n) is 2.00. The molecule has 0 unspecified atom stereocenters. The Labute approximate surface area is 99.3 Å². The first-order chi connectivity index (χ1) is 8.22. The lowest BCUT2D eigenvalue weighted by Crippen LogP contribution is -2.15. The van der Waals surface area contributed by atoms with Gasteiger partial charge >= 0.3 is 5.97 Å². The SMILES string of the molecule is CCOC(=O)COc1c(C=O)cccc1OC. The zero-order chi connectivity index (χ0) is 12.7. The number of aldehydes is 1. The van der Waals surface area contributed by atoms with E-state index in [1.807, 2.05) is 0 Å². The minimum absolute atomic E-state index is 0.248. The molecule has 1 aromatic carbocycles. The van der Waals surface area contributed by atoms with Crippen LogP contribution in [0.3, 0.4) is 0 Å². The lowest BCUT2D eigenvalue weighted by atomic mass is 10.2. The zero-order valence-electron chi connectivity index (χ0n) is 9.76. The van der Waals surface area contributed by atoms with Crippen LogP contribution in [-0.2, 0) is 9.53 Å². The van der Waals surface area contributed by atoms with Gasteiger partial charge in [-0.15, -0.1) is 0 Å². The van der Waals surface area contributed by atoms with E-state index in [2.05, 4.69) is 0 Å². The monoisotopic (exact) mass is 238 g/mol. The second-order valence-electron chi connectivity index (χ2n) is 3.09. The lowest BCUT2D eigenvalue weighted by Gasteiger charge is -2.11. The molecular formula is C12H14O5. The van der Waals surface area contributed by atoms with Crippen molar-refractivity contribution in [2.45, 2.75) is 6.92 Å². The van der Waals surface area contributed by atoms with Crippen LogP contribution < -0.4 is 9.47 Å². The van der Waals surface area contributed by atoms with Gasteiger partial charge in [0.2, 0.25) is 0 Å². The Balaban J connectivity index is 2.81. The first-order valence-corrected chi connectivity index (χ1v) is 5.13. The van der Waals surface area contributed by atoms with Crippen molar-refractivity contribution in [3.63, 3.8) is 0 Å². The molecule has 0 fully saturated rings. The van der Waals surface area contributed by atoms with Gasteiger partial charge in [0.05, 0.1) is 19.3 Å². The minimum atomic E-state index is -0.491. The van der Waals surface area contributed by atoms with Crippen LogP contribution in [0.15, 0.2) is 18.2 Å². The number of carbonyl (C=O) groups is 2. The van der Waals surface area contributed by atoms with Gasteiger partial charge in [-0.2, -0.15) is 0 Å². The van der Waals surface area contributed by atoms with E-state index < -0.39 is 5.97 Å². The van der Waals surface area contributed by atoms with E-state index in [0.29, 0.717) is 17.6 Å². The molecule has 0 aliphatic rings.